The fraction of sp³-hybridized carbons (Fsp3) is 0. The molecule has 0 fully saturated rings. The Morgan fingerprint density at radius 3 is 1.49 bits per heavy atom. The minimum absolute atomic E-state index is 0.0155. The molecule has 1 aromatic heterocycles. The lowest BCUT2D eigenvalue weighted by Crippen LogP contribution is -1.91. The zero-order valence-electron chi connectivity index (χ0n) is 37.5. The molecule has 0 aliphatic heterocycles. The Morgan fingerprint density at radius 1 is 0.333 bits per heavy atom. The SMILES string of the molecule is [2H]c1cc([2H])c(-c2c([2H])c([2H])c3c(oc4c([2H])c(-c5c([2H])c([2H])c([2H])c(-c6c7ccccc7c(-c7ccccc7)c7ccccc67)c5[2H])c([2H])c([2H])c43)c2[2H])c([2H])c1[2H]. The fourth-order valence-electron chi connectivity index (χ4n) is 5.96. The van der Waals surface area contributed by atoms with Crippen molar-refractivity contribution in [1.29, 1.82) is 0 Å². The van der Waals surface area contributed by atoms with E-state index in [0.717, 1.165) is 28.0 Å². The van der Waals surface area contributed by atoms with Crippen LogP contribution in [0.4, 0.5) is 0 Å². The van der Waals surface area contributed by atoms with Gasteiger partial charge in [0.1, 0.15) is 11.2 Å². The monoisotopic (exact) mass is 586 g/mol. The van der Waals surface area contributed by atoms with Gasteiger partial charge in [-0.1, -0.05) is 139 Å². The van der Waals surface area contributed by atoms with Crippen molar-refractivity contribution in [2.24, 2.45) is 0 Å². The highest BCUT2D eigenvalue weighted by Gasteiger charge is 2.17. The normalized spacial score (nSPS) is 15.9. The average Bonchev–Trinajstić information content (AvgIpc) is 3.65. The van der Waals surface area contributed by atoms with Gasteiger partial charge < -0.3 is 4.42 Å². The lowest BCUT2D eigenvalue weighted by Gasteiger charge is -2.18. The van der Waals surface area contributed by atoms with Crippen LogP contribution >= 0.6 is 0 Å². The van der Waals surface area contributed by atoms with Crippen LogP contribution < -0.4 is 0 Å². The number of hydrogen-bond donors (Lipinski definition) is 0. The Labute approximate surface area is 281 Å². The minimum Gasteiger partial charge on any atom is -0.456 e. The van der Waals surface area contributed by atoms with E-state index in [-0.39, 0.29) is 44.2 Å². The highest BCUT2D eigenvalue weighted by Crippen LogP contribution is 2.44. The quantitative estimate of drug-likeness (QED) is 0.187. The summed E-state index contributed by atoms with van der Waals surface area (Å²) in [4.78, 5) is 0. The smallest absolute Gasteiger partial charge is 0.136 e. The van der Waals surface area contributed by atoms with Crippen LogP contribution in [0.2, 0.25) is 0 Å². The number of fused-ring (bicyclic) bond motifs is 5. The minimum atomic E-state index is -0.641. The van der Waals surface area contributed by atoms with Gasteiger partial charge in [0.2, 0.25) is 0 Å². The number of benzene rings is 8. The van der Waals surface area contributed by atoms with E-state index in [1.165, 1.54) is 0 Å². The Kier molecular flexibility index (Phi) is 3.50. The lowest BCUT2D eigenvalue weighted by molar-refractivity contribution is 0.669. The molecule has 0 atom stereocenters. The first-order chi connectivity index (χ1) is 28.2. The first-order valence-corrected chi connectivity index (χ1v) is 14.3. The average molecular weight is 587 g/mol. The van der Waals surface area contributed by atoms with Crippen molar-refractivity contribution in [3.8, 4) is 44.5 Å². The van der Waals surface area contributed by atoms with E-state index >= 15 is 0 Å². The highest BCUT2D eigenvalue weighted by atomic mass is 16.3. The van der Waals surface area contributed by atoms with Gasteiger partial charge in [-0.3, -0.25) is 0 Å². The molecule has 8 aromatic carbocycles. The molecule has 1 heterocycles. The molecule has 0 radical (unpaired) electrons. The standard InChI is InChI=1S/C44H28O/c1-3-12-29(13-4-1)32-22-24-35-36-25-23-33(28-42(36)45-41(35)27-32)31-16-11-17-34(26-31)44-39-20-9-7-18-37(39)43(30-14-5-2-6-15-30)38-19-8-10-21-40(38)44/h1-28H/i1D,3D,11D,12D,13D,16D,17D,22D,23D,24D,25D,26D,27D,28D. The van der Waals surface area contributed by atoms with Gasteiger partial charge in [-0.2, -0.15) is 0 Å². The molecule has 1 heteroatoms. The highest BCUT2D eigenvalue weighted by molar-refractivity contribution is 6.21. The van der Waals surface area contributed by atoms with Gasteiger partial charge in [0.15, 0.2) is 0 Å². The maximum Gasteiger partial charge on any atom is 0.136 e. The van der Waals surface area contributed by atoms with Crippen molar-refractivity contribution in [3.63, 3.8) is 0 Å². The maximum atomic E-state index is 9.71. The van der Waals surface area contributed by atoms with Crippen molar-refractivity contribution in [1.82, 2.24) is 0 Å². The van der Waals surface area contributed by atoms with E-state index in [9.17, 15) is 6.85 Å². The Balaban J connectivity index is 1.37. The Hall–Kier alpha value is -5.92. The molecule has 0 bridgehead atoms. The van der Waals surface area contributed by atoms with Crippen LogP contribution in [0.15, 0.2) is 174 Å². The Bertz CT molecular complexity index is 3260. The zero-order chi connectivity index (χ0) is 41.9. The third-order valence-electron chi connectivity index (χ3n) is 7.93. The van der Waals surface area contributed by atoms with E-state index < -0.39 is 90.2 Å². The van der Waals surface area contributed by atoms with Crippen LogP contribution in [0.5, 0.6) is 0 Å². The molecule has 0 unspecified atom stereocenters. The van der Waals surface area contributed by atoms with Gasteiger partial charge in [-0.15, -0.1) is 0 Å². The number of furan rings is 1. The molecule has 1 nitrogen and oxygen atoms in total. The van der Waals surface area contributed by atoms with Gasteiger partial charge >= 0.3 is 0 Å². The van der Waals surface area contributed by atoms with Crippen molar-refractivity contribution in [3.05, 3.63) is 170 Å². The number of hydrogen-bond acceptors (Lipinski definition) is 1. The third-order valence-corrected chi connectivity index (χ3v) is 7.93. The van der Waals surface area contributed by atoms with E-state index in [4.69, 9.17) is 16.8 Å². The summed E-state index contributed by atoms with van der Waals surface area (Å²) in [5.74, 6) is 0. The molecule has 9 aromatic rings. The van der Waals surface area contributed by atoms with Crippen LogP contribution in [-0.2, 0) is 0 Å². The van der Waals surface area contributed by atoms with Crippen molar-refractivity contribution >= 4 is 43.5 Å². The first kappa shape index (κ1) is 15.2. The third kappa shape index (κ3) is 4.24. The fourth-order valence-corrected chi connectivity index (χ4v) is 5.96. The van der Waals surface area contributed by atoms with E-state index in [1.807, 2.05) is 78.9 Å². The van der Waals surface area contributed by atoms with Crippen LogP contribution in [0, 0.1) is 0 Å². The summed E-state index contributed by atoms with van der Waals surface area (Å²) in [7, 11) is 0. The second kappa shape index (κ2) is 10.4. The second-order valence-electron chi connectivity index (χ2n) is 10.5. The molecule has 210 valence electrons. The molecule has 0 saturated carbocycles. The maximum absolute atomic E-state index is 9.71. The molecule has 45 heavy (non-hydrogen) atoms. The predicted octanol–water partition coefficient (Wildman–Crippen LogP) is 12.6. The van der Waals surface area contributed by atoms with Gasteiger partial charge in [-0.25, -0.2) is 0 Å². The molecule has 0 saturated heterocycles. The molecule has 0 amide bonds. The number of rotatable bonds is 4. The van der Waals surface area contributed by atoms with Gasteiger partial charge in [0, 0.05) is 10.8 Å². The van der Waals surface area contributed by atoms with Gasteiger partial charge in [0.25, 0.3) is 0 Å². The van der Waals surface area contributed by atoms with E-state index in [0.29, 0.717) is 16.3 Å². The van der Waals surface area contributed by atoms with E-state index in [2.05, 4.69) is 0 Å². The summed E-state index contributed by atoms with van der Waals surface area (Å²) in [5.41, 5.74) is 0.0323. The zero-order valence-corrected chi connectivity index (χ0v) is 23.5. The Morgan fingerprint density at radius 2 is 0.844 bits per heavy atom. The molecule has 0 N–H and O–H groups in total. The predicted molar refractivity (Wildman–Crippen MR) is 190 cm³/mol. The molecule has 0 aliphatic carbocycles. The molecule has 0 spiro atoms. The van der Waals surface area contributed by atoms with Gasteiger partial charge in [-0.05, 0) is 96.3 Å². The topological polar surface area (TPSA) is 13.1 Å². The van der Waals surface area contributed by atoms with E-state index in [1.54, 1.807) is 0 Å². The second-order valence-corrected chi connectivity index (χ2v) is 10.5. The summed E-state index contributed by atoms with van der Waals surface area (Å²) in [6, 6.07) is 18.2. The summed E-state index contributed by atoms with van der Waals surface area (Å²) in [5, 5.41) is 2.46. The first-order valence-electron chi connectivity index (χ1n) is 21.3. The molecule has 9 rings (SSSR count). The summed E-state index contributed by atoms with van der Waals surface area (Å²) >= 11 is 0. The largest absolute Gasteiger partial charge is 0.456 e. The molecular formula is C44H28O. The summed E-state index contributed by atoms with van der Waals surface area (Å²) in [6.45, 7) is 0. The lowest BCUT2D eigenvalue weighted by atomic mass is 9.85. The van der Waals surface area contributed by atoms with Crippen LogP contribution in [0.25, 0.3) is 88.0 Å². The summed E-state index contributed by atoms with van der Waals surface area (Å²) in [6.07, 6.45) is 0. The van der Waals surface area contributed by atoms with Crippen LogP contribution in [-0.4, -0.2) is 0 Å². The molecule has 0 aliphatic rings. The molecular weight excluding hydrogens is 544 g/mol. The van der Waals surface area contributed by atoms with Crippen molar-refractivity contribution in [2.75, 3.05) is 0 Å². The summed E-state index contributed by atoms with van der Waals surface area (Å²) < 4.78 is 131. The van der Waals surface area contributed by atoms with Crippen molar-refractivity contribution < 1.29 is 23.6 Å². The van der Waals surface area contributed by atoms with Gasteiger partial charge in [0.05, 0.1) is 19.2 Å². The van der Waals surface area contributed by atoms with Crippen molar-refractivity contribution in [2.45, 2.75) is 0 Å². The van der Waals surface area contributed by atoms with Crippen LogP contribution in [0.3, 0.4) is 0 Å². The van der Waals surface area contributed by atoms with Crippen LogP contribution in [0.1, 0.15) is 19.2 Å².